The van der Waals surface area contributed by atoms with Crippen molar-refractivity contribution in [1.29, 1.82) is 0 Å². The van der Waals surface area contributed by atoms with Crippen molar-refractivity contribution in [3.05, 3.63) is 121 Å². The van der Waals surface area contributed by atoms with E-state index in [-0.39, 0.29) is 36.1 Å². The fourth-order valence-electron chi connectivity index (χ4n) is 8.45. The van der Waals surface area contributed by atoms with Gasteiger partial charge in [-0.2, -0.15) is 0 Å². The molecular formula is C41H48N4O4S. The lowest BCUT2D eigenvalue weighted by Gasteiger charge is -2.40. The molecule has 2 bridgehead atoms. The molecule has 6 atom stereocenters. The van der Waals surface area contributed by atoms with E-state index in [1.165, 1.54) is 0 Å². The van der Waals surface area contributed by atoms with Gasteiger partial charge in [-0.05, 0) is 62.1 Å². The molecule has 0 saturated carbocycles. The minimum absolute atomic E-state index is 0.0885. The minimum Gasteiger partial charge on any atom is -0.394 e. The number of benzene rings is 3. The number of anilines is 2. The Morgan fingerprint density at radius 3 is 2.14 bits per heavy atom. The summed E-state index contributed by atoms with van der Waals surface area (Å²) in [5.74, 6) is -1.85. The Balaban J connectivity index is 1.42. The molecule has 8 nitrogen and oxygen atoms in total. The van der Waals surface area contributed by atoms with Crippen molar-refractivity contribution in [2.24, 2.45) is 11.8 Å². The molecule has 3 amide bonds. The van der Waals surface area contributed by atoms with E-state index in [1.54, 1.807) is 38.6 Å². The molecule has 3 fully saturated rings. The second-order valence-corrected chi connectivity index (χ2v) is 14.9. The maximum Gasteiger partial charge on any atom is 0.251 e. The molecule has 3 aliphatic heterocycles. The van der Waals surface area contributed by atoms with Crippen LogP contribution in [0, 0.1) is 11.8 Å². The molecule has 50 heavy (non-hydrogen) atoms. The van der Waals surface area contributed by atoms with E-state index in [2.05, 4.69) is 31.9 Å². The Hall–Kier alpha value is -4.34. The standard InChI is InChI=1S/C41H48N4O4S/c1-5-25-43(27-29-15-11-9-12-16-29)38(47)35-34-23-24-41(50-34)36(35)39(48)45(33(28-46)30-17-13-10-14-18-30)37(41)40(49)44(26-6-2)32-21-19-31(20-22-32)42(7-3)8-4/h5-6,9-22,33-37,46H,1-2,7-8,23-28H2,3-4H3/t33-,34+,35-,36+,37?,41?/m1/s1. The van der Waals surface area contributed by atoms with Gasteiger partial charge in [0, 0.05) is 49.3 Å². The van der Waals surface area contributed by atoms with Crippen molar-refractivity contribution in [3.63, 3.8) is 0 Å². The number of amides is 3. The molecule has 2 unspecified atom stereocenters. The van der Waals surface area contributed by atoms with Gasteiger partial charge in [0.15, 0.2) is 0 Å². The molecule has 3 aliphatic rings. The first-order valence-electron chi connectivity index (χ1n) is 17.7. The van der Waals surface area contributed by atoms with Crippen molar-refractivity contribution < 1.29 is 19.5 Å². The van der Waals surface area contributed by atoms with E-state index in [4.69, 9.17) is 0 Å². The quantitative estimate of drug-likeness (QED) is 0.194. The summed E-state index contributed by atoms with van der Waals surface area (Å²) in [4.78, 5) is 52.3. The van der Waals surface area contributed by atoms with Crippen molar-refractivity contribution >= 4 is 40.9 Å². The third kappa shape index (κ3) is 6.26. The molecule has 0 aromatic heterocycles. The summed E-state index contributed by atoms with van der Waals surface area (Å²) in [5, 5.41) is 10.8. The minimum atomic E-state index is -0.894. The summed E-state index contributed by atoms with van der Waals surface area (Å²) >= 11 is 1.64. The predicted octanol–water partition coefficient (Wildman–Crippen LogP) is 6.09. The highest BCUT2D eigenvalue weighted by atomic mass is 32.2. The highest BCUT2D eigenvalue weighted by Gasteiger charge is 2.74. The second-order valence-electron chi connectivity index (χ2n) is 13.3. The summed E-state index contributed by atoms with van der Waals surface area (Å²) in [6.07, 6.45) is 4.79. The fourth-order valence-corrected chi connectivity index (χ4v) is 10.6. The first-order valence-corrected chi connectivity index (χ1v) is 18.6. The average molecular weight is 693 g/mol. The van der Waals surface area contributed by atoms with Gasteiger partial charge in [-0.1, -0.05) is 72.8 Å². The maximum atomic E-state index is 15.2. The molecule has 3 aromatic rings. The van der Waals surface area contributed by atoms with Crippen LogP contribution in [0.4, 0.5) is 11.4 Å². The molecule has 9 heteroatoms. The molecular weight excluding hydrogens is 645 g/mol. The Morgan fingerprint density at radius 2 is 1.54 bits per heavy atom. The van der Waals surface area contributed by atoms with Crippen LogP contribution in [0.1, 0.15) is 43.9 Å². The largest absolute Gasteiger partial charge is 0.394 e. The predicted molar refractivity (Wildman–Crippen MR) is 202 cm³/mol. The summed E-state index contributed by atoms with van der Waals surface area (Å²) in [6, 6.07) is 25.5. The molecule has 1 spiro atoms. The number of hydrogen-bond donors (Lipinski definition) is 1. The lowest BCUT2D eigenvalue weighted by Crippen LogP contribution is -2.56. The topological polar surface area (TPSA) is 84.4 Å². The third-order valence-electron chi connectivity index (χ3n) is 10.7. The van der Waals surface area contributed by atoms with Gasteiger partial charge in [-0.3, -0.25) is 14.4 Å². The number of carbonyl (C=O) groups excluding carboxylic acids is 3. The lowest BCUT2D eigenvalue weighted by molar-refractivity contribution is -0.145. The number of nitrogens with zero attached hydrogens (tertiary/aromatic N) is 4. The Morgan fingerprint density at radius 1 is 0.920 bits per heavy atom. The van der Waals surface area contributed by atoms with E-state index in [0.29, 0.717) is 25.2 Å². The molecule has 6 rings (SSSR count). The van der Waals surface area contributed by atoms with Crippen LogP contribution in [-0.2, 0) is 20.9 Å². The van der Waals surface area contributed by atoms with E-state index in [1.807, 2.05) is 84.9 Å². The van der Waals surface area contributed by atoms with Crippen molar-refractivity contribution in [3.8, 4) is 0 Å². The number of aliphatic hydroxyl groups excluding tert-OH is 1. The van der Waals surface area contributed by atoms with E-state index in [9.17, 15) is 9.90 Å². The van der Waals surface area contributed by atoms with Gasteiger partial charge in [-0.25, -0.2) is 0 Å². The second kappa shape index (κ2) is 15.3. The maximum absolute atomic E-state index is 15.2. The molecule has 3 aromatic carbocycles. The highest BCUT2D eigenvalue weighted by molar-refractivity contribution is 8.02. The van der Waals surface area contributed by atoms with Crippen LogP contribution in [-0.4, -0.2) is 81.5 Å². The van der Waals surface area contributed by atoms with Crippen LogP contribution in [0.25, 0.3) is 0 Å². The van der Waals surface area contributed by atoms with E-state index >= 15 is 9.59 Å². The van der Waals surface area contributed by atoms with E-state index in [0.717, 1.165) is 36.3 Å². The number of hydrogen-bond acceptors (Lipinski definition) is 6. The van der Waals surface area contributed by atoms with Gasteiger partial charge in [0.1, 0.15) is 6.04 Å². The number of fused-ring (bicyclic) bond motifs is 1. The number of thioether (sulfide) groups is 1. The average Bonchev–Trinajstić information content (AvgIpc) is 3.79. The first-order chi connectivity index (χ1) is 24.3. The SMILES string of the molecule is C=CCN(Cc1ccccc1)C(=O)[C@@H]1[C@@H]2CCC3(S2)C(C(=O)N(CC=C)c2ccc(N(CC)CC)cc2)N([C@H](CO)c2ccccc2)C(=O)[C@H]13. The molecule has 0 aliphatic carbocycles. The Bertz CT molecular complexity index is 1680. The van der Waals surface area contributed by atoms with Crippen LogP contribution in [0.5, 0.6) is 0 Å². The Labute approximate surface area is 300 Å². The molecule has 3 saturated heterocycles. The van der Waals surface area contributed by atoms with Crippen molar-refractivity contribution in [2.75, 3.05) is 42.6 Å². The van der Waals surface area contributed by atoms with Crippen molar-refractivity contribution in [2.45, 2.75) is 55.3 Å². The smallest absolute Gasteiger partial charge is 0.251 e. The van der Waals surface area contributed by atoms with Gasteiger partial charge in [0.25, 0.3) is 5.91 Å². The zero-order valence-electron chi connectivity index (χ0n) is 29.1. The molecule has 262 valence electrons. The van der Waals surface area contributed by atoms with Gasteiger partial charge in [-0.15, -0.1) is 24.9 Å². The van der Waals surface area contributed by atoms with Gasteiger partial charge in [0.05, 0.1) is 29.2 Å². The summed E-state index contributed by atoms with van der Waals surface area (Å²) < 4.78 is -0.825. The lowest BCUT2D eigenvalue weighted by atomic mass is 9.70. The van der Waals surface area contributed by atoms with Gasteiger partial charge < -0.3 is 24.7 Å². The number of likely N-dealkylation sites (tertiary alicyclic amines) is 1. The fraction of sp³-hybridized carbons (Fsp3) is 0.390. The Kier molecular flexibility index (Phi) is 10.8. The number of carbonyl (C=O) groups is 3. The van der Waals surface area contributed by atoms with Crippen LogP contribution in [0.2, 0.25) is 0 Å². The van der Waals surface area contributed by atoms with Crippen LogP contribution >= 0.6 is 11.8 Å². The van der Waals surface area contributed by atoms with Crippen molar-refractivity contribution in [1.82, 2.24) is 9.80 Å². The normalized spacial score (nSPS) is 24.1. The first kappa shape index (κ1) is 35.5. The van der Waals surface area contributed by atoms with Crippen LogP contribution in [0.15, 0.2) is 110 Å². The summed E-state index contributed by atoms with van der Waals surface area (Å²) in [7, 11) is 0. The van der Waals surface area contributed by atoms with E-state index < -0.39 is 28.7 Å². The van der Waals surface area contributed by atoms with Crippen LogP contribution < -0.4 is 9.80 Å². The summed E-state index contributed by atoms with van der Waals surface area (Å²) in [5.41, 5.74) is 3.52. The molecule has 3 heterocycles. The monoisotopic (exact) mass is 692 g/mol. The number of rotatable bonds is 15. The summed E-state index contributed by atoms with van der Waals surface area (Å²) in [6.45, 7) is 14.5. The van der Waals surface area contributed by atoms with Crippen LogP contribution in [0.3, 0.4) is 0 Å². The molecule has 0 radical (unpaired) electrons. The zero-order chi connectivity index (χ0) is 35.4. The number of aliphatic hydroxyl groups is 1. The third-order valence-corrected chi connectivity index (χ3v) is 12.6. The van der Waals surface area contributed by atoms with Gasteiger partial charge >= 0.3 is 0 Å². The zero-order valence-corrected chi connectivity index (χ0v) is 29.9. The highest BCUT2D eigenvalue weighted by Crippen LogP contribution is 2.67. The van der Waals surface area contributed by atoms with Gasteiger partial charge in [0.2, 0.25) is 11.8 Å². The molecule has 1 N–H and O–H groups in total.